The molecule has 0 radical (unpaired) electrons. The van der Waals surface area contributed by atoms with Crippen molar-refractivity contribution in [3.8, 4) is 22.3 Å². The number of hydrogen-bond acceptors (Lipinski definition) is 6. The van der Waals surface area contributed by atoms with Gasteiger partial charge in [-0.2, -0.15) is 0 Å². The maximum atomic E-state index is 13.0. The highest BCUT2D eigenvalue weighted by atomic mass is 35.5. The molecule has 0 saturated carbocycles. The molecular weight excluding hydrogens is 570 g/mol. The number of fused-ring (bicyclic) bond motifs is 3. The summed E-state index contributed by atoms with van der Waals surface area (Å²) < 4.78 is 5.73. The topological polar surface area (TPSA) is 101 Å². The van der Waals surface area contributed by atoms with E-state index in [1.54, 1.807) is 36.7 Å². The molecule has 42 heavy (non-hydrogen) atoms. The number of H-pyrrole nitrogens is 1. The summed E-state index contributed by atoms with van der Waals surface area (Å²) in [6.07, 6.45) is 3.39. The van der Waals surface area contributed by atoms with Gasteiger partial charge in [0.1, 0.15) is 11.6 Å². The maximum absolute atomic E-state index is 13.0. The van der Waals surface area contributed by atoms with Gasteiger partial charge in [0.05, 0.1) is 5.02 Å². The lowest BCUT2D eigenvalue weighted by molar-refractivity contribution is 0.112. The summed E-state index contributed by atoms with van der Waals surface area (Å²) in [5, 5.41) is 3.77. The molecule has 1 amide bonds. The maximum Gasteiger partial charge on any atom is 0.407 e. The monoisotopic (exact) mass is 593 g/mol. The second-order valence-corrected chi connectivity index (χ2v) is 11.1. The van der Waals surface area contributed by atoms with Crippen LogP contribution in [0.5, 0.6) is 0 Å². The van der Waals surface area contributed by atoms with Gasteiger partial charge in [-0.1, -0.05) is 71.9 Å². The number of aromatic nitrogens is 2. The molecular formula is C33H24ClN3O4S. The highest BCUT2D eigenvalue weighted by Crippen LogP contribution is 2.44. The van der Waals surface area contributed by atoms with Gasteiger partial charge in [0.2, 0.25) is 5.56 Å². The SMILES string of the molecule is O=Cc1cccnc1Sc1c(Cl)cc(-c2ccc(=O)[nH]c2)cc1CNC(=O)OCC1c2ccccc2-c2ccccc21. The Morgan fingerprint density at radius 3 is 2.40 bits per heavy atom. The van der Waals surface area contributed by atoms with Gasteiger partial charge in [0.15, 0.2) is 6.29 Å². The predicted octanol–water partition coefficient (Wildman–Crippen LogP) is 7.09. The molecule has 0 atom stereocenters. The van der Waals surface area contributed by atoms with Crippen molar-refractivity contribution in [3.63, 3.8) is 0 Å². The first-order valence-corrected chi connectivity index (χ1v) is 14.4. The lowest BCUT2D eigenvalue weighted by Gasteiger charge is -2.17. The summed E-state index contributed by atoms with van der Waals surface area (Å²) in [5.74, 6) is -0.0572. The van der Waals surface area contributed by atoms with Crippen LogP contribution in [0.1, 0.15) is 33.0 Å². The second kappa shape index (κ2) is 12.1. The molecule has 2 heterocycles. The molecule has 7 nitrogen and oxygen atoms in total. The number of hydrogen-bond donors (Lipinski definition) is 2. The summed E-state index contributed by atoms with van der Waals surface area (Å²) in [5.41, 5.74) is 6.99. The summed E-state index contributed by atoms with van der Waals surface area (Å²) in [6, 6.07) is 26.5. The van der Waals surface area contributed by atoms with Crippen LogP contribution >= 0.6 is 23.4 Å². The van der Waals surface area contributed by atoms with E-state index < -0.39 is 6.09 Å². The Labute approximate surface area is 250 Å². The van der Waals surface area contributed by atoms with Gasteiger partial charge in [-0.25, -0.2) is 9.78 Å². The zero-order valence-electron chi connectivity index (χ0n) is 22.2. The van der Waals surface area contributed by atoms with E-state index in [0.29, 0.717) is 26.1 Å². The van der Waals surface area contributed by atoms with Gasteiger partial charge in [-0.3, -0.25) is 9.59 Å². The lowest BCUT2D eigenvalue weighted by atomic mass is 9.98. The second-order valence-electron chi connectivity index (χ2n) is 9.68. The van der Waals surface area contributed by atoms with E-state index in [1.807, 2.05) is 30.3 Å². The molecule has 0 fully saturated rings. The number of benzene rings is 3. The van der Waals surface area contributed by atoms with Crippen molar-refractivity contribution in [2.75, 3.05) is 6.61 Å². The molecule has 2 aromatic heterocycles. The molecule has 0 spiro atoms. The van der Waals surface area contributed by atoms with Crippen molar-refractivity contribution in [2.24, 2.45) is 0 Å². The smallest absolute Gasteiger partial charge is 0.407 e. The average Bonchev–Trinajstić information content (AvgIpc) is 3.34. The predicted molar refractivity (Wildman–Crippen MR) is 163 cm³/mol. The van der Waals surface area contributed by atoms with E-state index in [9.17, 15) is 14.4 Å². The Kier molecular flexibility index (Phi) is 7.90. The molecule has 5 aromatic rings. The molecule has 0 aliphatic heterocycles. The zero-order valence-corrected chi connectivity index (χ0v) is 23.7. The minimum absolute atomic E-state index is 0.0572. The molecule has 0 saturated heterocycles. The Bertz CT molecular complexity index is 1810. The highest BCUT2D eigenvalue weighted by Gasteiger charge is 2.29. The summed E-state index contributed by atoms with van der Waals surface area (Å²) >= 11 is 8.01. The fraction of sp³-hybridized carbons (Fsp3) is 0.0909. The van der Waals surface area contributed by atoms with Crippen LogP contribution in [0, 0.1) is 0 Å². The third-order valence-corrected chi connectivity index (χ3v) is 8.76. The van der Waals surface area contributed by atoms with Gasteiger partial charge in [0.25, 0.3) is 0 Å². The van der Waals surface area contributed by atoms with Gasteiger partial charge >= 0.3 is 6.09 Å². The largest absolute Gasteiger partial charge is 0.449 e. The average molecular weight is 594 g/mol. The first kappa shape index (κ1) is 27.5. The molecule has 1 aliphatic rings. The zero-order chi connectivity index (χ0) is 29.1. The van der Waals surface area contributed by atoms with E-state index in [1.165, 1.54) is 17.8 Å². The Morgan fingerprint density at radius 1 is 0.976 bits per heavy atom. The number of rotatable bonds is 8. The summed E-state index contributed by atoms with van der Waals surface area (Å²) in [4.78, 5) is 43.8. The first-order chi connectivity index (χ1) is 20.5. The number of nitrogens with zero attached hydrogens (tertiary/aromatic N) is 1. The van der Waals surface area contributed by atoms with Crippen LogP contribution in [0.15, 0.2) is 112 Å². The number of alkyl carbamates (subject to hydrolysis) is 1. The third-order valence-electron chi connectivity index (χ3n) is 7.13. The summed E-state index contributed by atoms with van der Waals surface area (Å²) in [6.45, 7) is 0.301. The molecule has 6 rings (SSSR count). The molecule has 0 unspecified atom stereocenters. The van der Waals surface area contributed by atoms with Gasteiger partial charge in [0, 0.05) is 41.4 Å². The molecule has 2 N–H and O–H groups in total. The number of carbonyl (C=O) groups is 2. The number of halogens is 1. The minimum Gasteiger partial charge on any atom is -0.449 e. The first-order valence-electron chi connectivity index (χ1n) is 13.2. The van der Waals surface area contributed by atoms with E-state index in [-0.39, 0.29) is 24.6 Å². The number of pyridine rings is 2. The van der Waals surface area contributed by atoms with Crippen molar-refractivity contribution in [1.29, 1.82) is 0 Å². The van der Waals surface area contributed by atoms with E-state index in [2.05, 4.69) is 39.6 Å². The van der Waals surface area contributed by atoms with Crippen molar-refractivity contribution in [3.05, 3.63) is 135 Å². The van der Waals surface area contributed by atoms with Crippen LogP contribution in [-0.4, -0.2) is 29.0 Å². The normalized spacial score (nSPS) is 11.9. The number of aldehydes is 1. The van der Waals surface area contributed by atoms with Gasteiger partial charge in [-0.05, 0) is 69.3 Å². The fourth-order valence-corrected chi connectivity index (χ4v) is 6.46. The van der Waals surface area contributed by atoms with E-state index >= 15 is 0 Å². The van der Waals surface area contributed by atoms with Gasteiger partial charge < -0.3 is 15.0 Å². The molecule has 1 aliphatic carbocycles. The third kappa shape index (κ3) is 5.59. The van der Waals surface area contributed by atoms with Crippen molar-refractivity contribution in [2.45, 2.75) is 22.4 Å². The number of ether oxygens (including phenoxy) is 1. The van der Waals surface area contributed by atoms with Crippen molar-refractivity contribution >= 4 is 35.7 Å². The number of aromatic amines is 1. The molecule has 0 bridgehead atoms. The van der Waals surface area contributed by atoms with E-state index in [4.69, 9.17) is 16.3 Å². The standard InChI is InChI=1S/C33H24ClN3O4S/c34-29-15-22(20-11-12-30(39)36-16-20)14-23(31(29)42-32-21(18-38)6-5-13-35-32)17-37-33(40)41-19-28-26-9-3-1-7-24(26)25-8-2-4-10-27(25)28/h1-16,18,28H,17,19H2,(H,36,39)(H,37,40). The van der Waals surface area contributed by atoms with Crippen LogP contribution < -0.4 is 10.9 Å². The molecule has 3 aromatic carbocycles. The number of nitrogens with one attached hydrogen (secondary N) is 2. The summed E-state index contributed by atoms with van der Waals surface area (Å²) in [7, 11) is 0. The van der Waals surface area contributed by atoms with Crippen LogP contribution in [-0.2, 0) is 11.3 Å². The Balaban J connectivity index is 1.24. The quantitative estimate of drug-likeness (QED) is 0.186. The van der Waals surface area contributed by atoms with Crippen molar-refractivity contribution in [1.82, 2.24) is 15.3 Å². The van der Waals surface area contributed by atoms with Crippen molar-refractivity contribution < 1.29 is 14.3 Å². The van der Waals surface area contributed by atoms with Crippen LogP contribution in [0.2, 0.25) is 5.02 Å². The van der Waals surface area contributed by atoms with Crippen LogP contribution in [0.4, 0.5) is 4.79 Å². The minimum atomic E-state index is -0.565. The molecule has 9 heteroatoms. The lowest BCUT2D eigenvalue weighted by Crippen LogP contribution is -2.26. The Hall–Kier alpha value is -4.66. The number of carbonyl (C=O) groups excluding carboxylic acids is 2. The van der Waals surface area contributed by atoms with Crippen LogP contribution in [0.25, 0.3) is 22.3 Å². The fourth-order valence-electron chi connectivity index (χ4n) is 5.14. The number of amides is 1. The highest BCUT2D eigenvalue weighted by molar-refractivity contribution is 7.99. The van der Waals surface area contributed by atoms with Gasteiger partial charge in [-0.15, -0.1) is 0 Å². The van der Waals surface area contributed by atoms with E-state index in [0.717, 1.165) is 39.7 Å². The Morgan fingerprint density at radius 2 is 1.71 bits per heavy atom. The molecule has 208 valence electrons. The van der Waals surface area contributed by atoms with Crippen LogP contribution in [0.3, 0.4) is 0 Å².